The summed E-state index contributed by atoms with van der Waals surface area (Å²) in [6.07, 6.45) is 6.38. The van der Waals surface area contributed by atoms with Gasteiger partial charge in [0.1, 0.15) is 10.5 Å². The quantitative estimate of drug-likeness (QED) is 0.473. The van der Waals surface area contributed by atoms with Crippen molar-refractivity contribution in [2.45, 2.75) is 45.1 Å². The van der Waals surface area contributed by atoms with Gasteiger partial charge in [-0.1, -0.05) is 13.8 Å². The molecule has 0 unspecified atom stereocenters. The molecule has 0 aromatic heterocycles. The first-order chi connectivity index (χ1) is 6.10. The summed E-state index contributed by atoms with van der Waals surface area (Å²) in [6, 6.07) is 0. The van der Waals surface area contributed by atoms with Crippen LogP contribution in [0.5, 0.6) is 0 Å². The Labute approximate surface area is 87.9 Å². The molecule has 0 saturated heterocycles. The van der Waals surface area contributed by atoms with Gasteiger partial charge in [0.15, 0.2) is 0 Å². The second-order valence-corrected chi connectivity index (χ2v) is 7.02. The van der Waals surface area contributed by atoms with Crippen LogP contribution in [0.25, 0.3) is 0 Å². The minimum atomic E-state index is 0.234. The molecule has 0 amide bonds. The first-order valence-corrected chi connectivity index (χ1v) is 8.54. The zero-order valence-electron chi connectivity index (χ0n) is 9.89. The summed E-state index contributed by atoms with van der Waals surface area (Å²) in [4.78, 5) is 0. The van der Waals surface area contributed by atoms with Crippen molar-refractivity contribution in [1.29, 1.82) is 0 Å². The zero-order chi connectivity index (χ0) is 10.3. The van der Waals surface area contributed by atoms with Gasteiger partial charge in [0.2, 0.25) is 0 Å². The van der Waals surface area contributed by atoms with Gasteiger partial charge < -0.3 is 4.43 Å². The summed E-state index contributed by atoms with van der Waals surface area (Å²) in [5.74, 6) is 0. The van der Waals surface area contributed by atoms with E-state index in [1.54, 1.807) is 0 Å². The van der Waals surface area contributed by atoms with Gasteiger partial charge in [-0.2, -0.15) is 0 Å². The topological polar surface area (TPSA) is 9.23 Å². The van der Waals surface area contributed by atoms with Crippen LogP contribution in [0.3, 0.4) is 0 Å². The summed E-state index contributed by atoms with van der Waals surface area (Å²) in [7, 11) is 1.17. The molecule has 0 N–H and O–H groups in total. The average Bonchev–Trinajstić information content (AvgIpc) is 2.13. The van der Waals surface area contributed by atoms with Crippen LogP contribution in [0.1, 0.15) is 39.5 Å². The molecule has 3 heteroatoms. The maximum atomic E-state index is 5.76. The Morgan fingerprint density at radius 2 is 1.77 bits per heavy atom. The minimum absolute atomic E-state index is 0.234. The first-order valence-electron chi connectivity index (χ1n) is 5.30. The van der Waals surface area contributed by atoms with E-state index >= 15 is 0 Å². The second kappa shape index (κ2) is 6.97. The maximum Gasteiger partial charge on any atom is 0.146 e. The Kier molecular flexibility index (Phi) is 7.30. The molecule has 13 heavy (non-hydrogen) atoms. The lowest BCUT2D eigenvalue weighted by atomic mass is 9.92. The molecule has 80 valence electrons. The highest BCUT2D eigenvalue weighted by Crippen LogP contribution is 2.30. The van der Waals surface area contributed by atoms with E-state index in [-0.39, 0.29) is 13.5 Å². The fourth-order valence-electron chi connectivity index (χ4n) is 1.71. The summed E-state index contributed by atoms with van der Waals surface area (Å²) < 4.78 is 5.76. The highest BCUT2D eigenvalue weighted by atomic mass is 31.1. The zero-order valence-corrected chi connectivity index (χ0v) is 12.8. The predicted molar refractivity (Wildman–Crippen MR) is 67.2 cm³/mol. The van der Waals surface area contributed by atoms with E-state index < -0.39 is 0 Å². The molecule has 0 radical (unpaired) electrons. The van der Waals surface area contributed by atoms with Crippen LogP contribution >= 0.6 is 7.92 Å². The maximum absolute atomic E-state index is 5.76. The van der Waals surface area contributed by atoms with Gasteiger partial charge in [0.05, 0.1) is 5.60 Å². The van der Waals surface area contributed by atoms with Crippen molar-refractivity contribution in [3.05, 3.63) is 0 Å². The molecule has 0 aliphatic carbocycles. The van der Waals surface area contributed by atoms with E-state index in [0.29, 0.717) is 0 Å². The molecule has 0 aliphatic heterocycles. The lowest BCUT2D eigenvalue weighted by Crippen LogP contribution is -2.30. The third-order valence-electron chi connectivity index (χ3n) is 2.96. The molecule has 0 saturated carbocycles. The van der Waals surface area contributed by atoms with Gasteiger partial charge in [-0.05, 0) is 45.2 Å². The normalized spacial score (nSPS) is 12.7. The molecule has 0 rings (SSSR count). The minimum Gasteiger partial charge on any atom is -0.422 e. The Balaban J connectivity index is 3.81. The van der Waals surface area contributed by atoms with Crippen molar-refractivity contribution in [3.8, 4) is 0 Å². The highest BCUT2D eigenvalue weighted by Gasteiger charge is 2.23. The van der Waals surface area contributed by atoms with E-state index in [9.17, 15) is 0 Å². The molecule has 1 nitrogen and oxygen atoms in total. The van der Waals surface area contributed by atoms with Gasteiger partial charge in [-0.15, -0.1) is 7.92 Å². The lowest BCUT2D eigenvalue weighted by molar-refractivity contribution is 0.0608. The molecule has 0 bridgehead atoms. The number of hydrogen-bond donors (Lipinski definition) is 0. The van der Waals surface area contributed by atoms with E-state index in [1.807, 2.05) is 0 Å². The van der Waals surface area contributed by atoms with Crippen molar-refractivity contribution >= 4 is 18.4 Å². The Morgan fingerprint density at radius 3 is 2.08 bits per heavy atom. The fourth-order valence-corrected chi connectivity index (χ4v) is 3.28. The van der Waals surface area contributed by atoms with Crippen molar-refractivity contribution in [2.75, 3.05) is 19.5 Å². The van der Waals surface area contributed by atoms with Crippen molar-refractivity contribution in [3.63, 3.8) is 0 Å². The SMILES string of the molecule is CCC(CC)(CCCP(C)C)O[SiH3]. The van der Waals surface area contributed by atoms with Crippen LogP contribution in [0.2, 0.25) is 0 Å². The van der Waals surface area contributed by atoms with Crippen LogP contribution in [0, 0.1) is 0 Å². The molecule has 0 heterocycles. The van der Waals surface area contributed by atoms with Gasteiger partial charge in [-0.25, -0.2) is 0 Å². The molecule has 0 atom stereocenters. The molecule has 0 aromatic carbocycles. The van der Waals surface area contributed by atoms with Gasteiger partial charge in [-0.3, -0.25) is 0 Å². The van der Waals surface area contributed by atoms with Crippen molar-refractivity contribution in [2.24, 2.45) is 0 Å². The first kappa shape index (κ1) is 13.6. The summed E-state index contributed by atoms with van der Waals surface area (Å²) >= 11 is 0. The van der Waals surface area contributed by atoms with E-state index in [4.69, 9.17) is 4.43 Å². The molecular formula is C10H25OPSi. The molecular weight excluding hydrogens is 195 g/mol. The number of hydrogen-bond acceptors (Lipinski definition) is 1. The standard InChI is InChI=1S/C10H25OPSi/c1-5-10(6-2,11-13)8-7-9-12(3)4/h5-9H2,1-4,13H3. The van der Waals surface area contributed by atoms with Crippen molar-refractivity contribution < 1.29 is 4.43 Å². The van der Waals surface area contributed by atoms with Crippen LogP contribution in [-0.2, 0) is 4.43 Å². The van der Waals surface area contributed by atoms with Crippen molar-refractivity contribution in [1.82, 2.24) is 0 Å². The third-order valence-corrected chi connectivity index (χ3v) is 5.04. The lowest BCUT2D eigenvalue weighted by Gasteiger charge is -2.31. The third kappa shape index (κ3) is 5.14. The molecule has 0 spiro atoms. The largest absolute Gasteiger partial charge is 0.422 e. The van der Waals surface area contributed by atoms with Gasteiger partial charge >= 0.3 is 0 Å². The van der Waals surface area contributed by atoms with Crippen LogP contribution in [0.4, 0.5) is 0 Å². The summed E-state index contributed by atoms with van der Waals surface area (Å²) in [6.45, 7) is 9.22. The molecule has 0 fully saturated rings. The molecule has 0 aliphatic rings. The summed E-state index contributed by atoms with van der Waals surface area (Å²) in [5.41, 5.74) is 0.234. The van der Waals surface area contributed by atoms with E-state index in [2.05, 4.69) is 27.2 Å². The predicted octanol–water partition coefficient (Wildman–Crippen LogP) is 2.36. The van der Waals surface area contributed by atoms with Gasteiger partial charge in [0.25, 0.3) is 0 Å². The van der Waals surface area contributed by atoms with E-state index in [1.165, 1.54) is 31.8 Å². The second-order valence-electron chi connectivity index (χ2n) is 4.00. The van der Waals surface area contributed by atoms with Crippen LogP contribution in [-0.4, -0.2) is 35.6 Å². The molecule has 0 aromatic rings. The fraction of sp³-hybridized carbons (Fsp3) is 1.00. The Morgan fingerprint density at radius 1 is 1.23 bits per heavy atom. The average molecular weight is 220 g/mol. The van der Waals surface area contributed by atoms with E-state index in [0.717, 1.165) is 10.5 Å². The monoisotopic (exact) mass is 220 g/mol. The highest BCUT2D eigenvalue weighted by molar-refractivity contribution is 7.55. The Hall–Kier alpha value is 0.607. The van der Waals surface area contributed by atoms with Crippen LogP contribution in [0.15, 0.2) is 0 Å². The Bertz CT molecular complexity index is 116. The smallest absolute Gasteiger partial charge is 0.146 e. The summed E-state index contributed by atoms with van der Waals surface area (Å²) in [5, 5.41) is 0. The number of rotatable bonds is 7. The van der Waals surface area contributed by atoms with Crippen LogP contribution < -0.4 is 0 Å². The van der Waals surface area contributed by atoms with Gasteiger partial charge in [0, 0.05) is 0 Å².